The van der Waals surface area contributed by atoms with E-state index >= 15 is 0 Å². The molecule has 0 spiro atoms. The van der Waals surface area contributed by atoms with Crippen molar-refractivity contribution in [2.45, 2.75) is 0 Å². The summed E-state index contributed by atoms with van der Waals surface area (Å²) in [6.07, 6.45) is 0. The van der Waals surface area contributed by atoms with Gasteiger partial charge >= 0.3 is 43.0 Å². The van der Waals surface area contributed by atoms with Crippen molar-refractivity contribution in [3.63, 3.8) is 0 Å². The fraction of sp³-hybridized carbons (Fsp3) is 0. The van der Waals surface area contributed by atoms with E-state index in [1.165, 1.54) is 0 Å². The molecule has 0 aliphatic rings. The van der Waals surface area contributed by atoms with Crippen molar-refractivity contribution in [2.24, 2.45) is 0 Å². The molecule has 0 bridgehead atoms. The van der Waals surface area contributed by atoms with Crippen LogP contribution in [0.1, 0.15) is 0 Å². The van der Waals surface area contributed by atoms with E-state index < -0.39 is 0 Å². The second kappa shape index (κ2) is 2.79. The van der Waals surface area contributed by atoms with Crippen LogP contribution in [0.15, 0.2) is 0 Å². The second-order valence-electron chi connectivity index (χ2n) is 0.445. The molecule has 1 unspecified atom stereocenters. The van der Waals surface area contributed by atoms with Gasteiger partial charge in [-0.05, 0) is 0 Å². The van der Waals surface area contributed by atoms with Crippen molar-refractivity contribution in [3.05, 3.63) is 0 Å². The fourth-order valence-electron chi connectivity index (χ4n) is 0. The van der Waals surface area contributed by atoms with Gasteiger partial charge in [0.2, 0.25) is 0 Å². The van der Waals surface area contributed by atoms with Gasteiger partial charge in [-0.25, -0.2) is 0 Å². The van der Waals surface area contributed by atoms with Crippen molar-refractivity contribution >= 4 is 43.0 Å². The summed E-state index contributed by atoms with van der Waals surface area (Å²) in [6.45, 7) is 0.0441. The maximum atomic E-state index is 4.02. The van der Waals surface area contributed by atoms with Crippen molar-refractivity contribution in [3.8, 4) is 0 Å². The summed E-state index contributed by atoms with van der Waals surface area (Å²) in [5.41, 5.74) is 0. The molecule has 0 N–H and O–H groups in total. The number of thiol groups is 1. The summed E-state index contributed by atoms with van der Waals surface area (Å²) in [7, 11) is 6.10. The SMILES string of the molecule is B[SH](#P)I. The second-order valence-corrected chi connectivity index (χ2v) is 9.77. The van der Waals surface area contributed by atoms with Crippen molar-refractivity contribution in [1.82, 2.24) is 0 Å². The molecule has 4 heavy (non-hydrogen) atoms. The molecular formula is H3BIPS. The predicted molar refractivity (Wildman–Crippen MR) is 38.5 cm³/mol. The Labute approximate surface area is 43.0 Å². The van der Waals surface area contributed by atoms with Crippen LogP contribution < -0.4 is 0 Å². The van der Waals surface area contributed by atoms with Gasteiger partial charge in [0.1, 0.15) is 0 Å². The number of halogens is 1. The Balaban J connectivity index is 3.02. The summed E-state index contributed by atoms with van der Waals surface area (Å²) in [4.78, 5) is 0. The molecule has 0 aromatic carbocycles. The molecular weight excluding hydrogens is 201 g/mol. The van der Waals surface area contributed by atoms with E-state index in [1.54, 1.807) is 0 Å². The molecule has 0 saturated heterocycles. The Morgan fingerprint density at radius 3 is 2.00 bits per heavy atom. The van der Waals surface area contributed by atoms with Crippen molar-refractivity contribution < 1.29 is 0 Å². The molecule has 0 aromatic rings. The van der Waals surface area contributed by atoms with Crippen LogP contribution in [0.4, 0.5) is 0 Å². The molecule has 0 nitrogen and oxygen atoms in total. The van der Waals surface area contributed by atoms with Gasteiger partial charge in [0.05, 0.1) is 0 Å². The van der Waals surface area contributed by atoms with Gasteiger partial charge < -0.3 is 0 Å². The van der Waals surface area contributed by atoms with Crippen LogP contribution in [0.2, 0.25) is 0 Å². The first-order valence-electron chi connectivity index (χ1n) is 0.816. The van der Waals surface area contributed by atoms with Gasteiger partial charge in [-0.3, -0.25) is 0 Å². The quantitative estimate of drug-likeness (QED) is 0.260. The van der Waals surface area contributed by atoms with Crippen molar-refractivity contribution in [1.29, 1.82) is 0 Å². The topological polar surface area (TPSA) is 0 Å². The first-order chi connectivity index (χ1) is 1.73. The van der Waals surface area contributed by atoms with Crippen LogP contribution in [0.25, 0.3) is 0 Å². The van der Waals surface area contributed by atoms with E-state index in [1.807, 2.05) is 0 Å². The Morgan fingerprint density at radius 1 is 2.00 bits per heavy atom. The van der Waals surface area contributed by atoms with Crippen LogP contribution in [-0.2, 0) is 0 Å². The zero-order valence-electron chi connectivity index (χ0n) is 2.27. The van der Waals surface area contributed by atoms with Crippen LogP contribution in [-0.4, -0.2) is 7.12 Å². The Morgan fingerprint density at radius 2 is 2.00 bits per heavy atom. The molecule has 4 heteroatoms. The summed E-state index contributed by atoms with van der Waals surface area (Å²) in [5, 5.41) is 0. The number of hydrogen-bond acceptors (Lipinski definition) is 0. The standard InChI is InChI=1S/BH3IPS/c1-4(2)3/h4H,1H2. The molecule has 0 fully saturated rings. The fourth-order valence-corrected chi connectivity index (χ4v) is 0. The van der Waals surface area contributed by atoms with Gasteiger partial charge in [-0.1, -0.05) is 0 Å². The third kappa shape index (κ3) is 9.56. The van der Waals surface area contributed by atoms with Crippen LogP contribution in [0.5, 0.6) is 0 Å². The van der Waals surface area contributed by atoms with E-state index in [-0.39, 0.29) is 6.89 Å². The summed E-state index contributed by atoms with van der Waals surface area (Å²) < 4.78 is 0. The molecule has 0 amide bonds. The van der Waals surface area contributed by atoms with Crippen LogP contribution >= 0.6 is 35.9 Å². The average molecular weight is 204 g/mol. The Bertz CT molecular complexity index is 54.2. The van der Waals surface area contributed by atoms with Crippen LogP contribution in [0.3, 0.4) is 0 Å². The molecule has 0 aliphatic carbocycles. The van der Waals surface area contributed by atoms with Crippen molar-refractivity contribution in [2.75, 3.05) is 0 Å². The van der Waals surface area contributed by atoms with E-state index in [2.05, 4.69) is 36.1 Å². The molecule has 0 aliphatic heterocycles. The minimum absolute atomic E-state index is 0.0441. The molecule has 0 rings (SSSR count). The first kappa shape index (κ1) is 5.57. The molecule has 0 saturated carbocycles. The van der Waals surface area contributed by atoms with E-state index in [4.69, 9.17) is 0 Å². The van der Waals surface area contributed by atoms with Crippen LogP contribution in [0, 0.1) is 0 Å². The van der Waals surface area contributed by atoms with Gasteiger partial charge in [0.25, 0.3) is 0 Å². The molecule has 0 radical (unpaired) electrons. The first-order valence-corrected chi connectivity index (χ1v) is 6.54. The maximum absolute atomic E-state index is 4.02. The third-order valence-corrected chi connectivity index (χ3v) is 0. The zero-order valence-corrected chi connectivity index (χ0v) is 6.22. The molecule has 1 atom stereocenters. The average Bonchev–Trinajstić information content (AvgIpc) is 0.811. The van der Waals surface area contributed by atoms with E-state index in [0.29, 0.717) is 0 Å². The minimum atomic E-state index is 0.0441. The van der Waals surface area contributed by atoms with E-state index in [9.17, 15) is 0 Å². The van der Waals surface area contributed by atoms with E-state index in [0.717, 1.165) is 0 Å². The Kier molecular flexibility index (Phi) is 3.89. The summed E-state index contributed by atoms with van der Waals surface area (Å²) in [6, 6.07) is 0. The van der Waals surface area contributed by atoms with Gasteiger partial charge in [0, 0.05) is 0 Å². The predicted octanol–water partition coefficient (Wildman–Crippen LogP) is 1.21. The molecule has 0 heterocycles. The normalized spacial score (nSPS) is 15.0. The number of rotatable bonds is 0. The zero-order chi connectivity index (χ0) is 3.58. The summed E-state index contributed by atoms with van der Waals surface area (Å²) >= 11 is 2.27. The third-order valence-electron chi connectivity index (χ3n) is 0. The monoisotopic (exact) mass is 204 g/mol. The van der Waals surface area contributed by atoms with Gasteiger partial charge in [-0.2, -0.15) is 0 Å². The Hall–Kier alpha value is 1.57. The molecule has 0 aromatic heterocycles. The van der Waals surface area contributed by atoms with Gasteiger partial charge in [0.15, 0.2) is 0 Å². The molecule has 24 valence electrons. The summed E-state index contributed by atoms with van der Waals surface area (Å²) in [5.74, 6) is 0. The van der Waals surface area contributed by atoms with Gasteiger partial charge in [-0.15, -0.1) is 0 Å². The number of hydrogen-bond donors (Lipinski definition) is 1.